The molecular weight excluding hydrogens is 447 g/mol. The van der Waals surface area contributed by atoms with Gasteiger partial charge in [0.2, 0.25) is 11.1 Å². The molecule has 0 aliphatic carbocycles. The molecule has 3 aromatic rings. The Balaban J connectivity index is 1.63. The van der Waals surface area contributed by atoms with Crippen molar-refractivity contribution in [2.75, 3.05) is 11.9 Å². The van der Waals surface area contributed by atoms with Gasteiger partial charge in [-0.25, -0.2) is 18.7 Å². The van der Waals surface area contributed by atoms with E-state index in [1.54, 1.807) is 54.9 Å². The van der Waals surface area contributed by atoms with Gasteiger partial charge in [-0.2, -0.15) is 4.98 Å². The van der Waals surface area contributed by atoms with Gasteiger partial charge in [-0.05, 0) is 49.2 Å². The number of nitrogens with one attached hydrogen (secondary N) is 1. The second-order valence-electron chi connectivity index (χ2n) is 7.29. The van der Waals surface area contributed by atoms with E-state index in [1.807, 2.05) is 0 Å². The first-order chi connectivity index (χ1) is 15.9. The molecule has 0 saturated carbocycles. The summed E-state index contributed by atoms with van der Waals surface area (Å²) < 4.78 is 20.4. The van der Waals surface area contributed by atoms with Gasteiger partial charge in [0.1, 0.15) is 11.9 Å². The summed E-state index contributed by atoms with van der Waals surface area (Å²) in [6, 6.07) is 11.9. The van der Waals surface area contributed by atoms with Crippen LogP contribution >= 0.6 is 11.8 Å². The highest BCUT2D eigenvalue weighted by Gasteiger charge is 2.35. The van der Waals surface area contributed by atoms with Crippen LogP contribution in [0.2, 0.25) is 0 Å². The highest BCUT2D eigenvalue weighted by molar-refractivity contribution is 7.98. The Morgan fingerprint density at radius 2 is 1.88 bits per heavy atom. The number of fused-ring (bicyclic) bond motifs is 1. The highest BCUT2D eigenvalue weighted by Crippen LogP contribution is 2.37. The molecule has 0 bridgehead atoms. The number of carbonyl (C=O) groups excluding carboxylic acids is 1. The van der Waals surface area contributed by atoms with Crippen molar-refractivity contribution in [2.45, 2.75) is 30.8 Å². The third-order valence-corrected chi connectivity index (χ3v) is 5.99. The minimum atomic E-state index is -0.976. The number of esters is 1. The zero-order valence-electron chi connectivity index (χ0n) is 17.9. The number of rotatable bonds is 7. The van der Waals surface area contributed by atoms with E-state index in [0.29, 0.717) is 33.7 Å². The Bertz CT molecular complexity index is 1220. The Morgan fingerprint density at radius 3 is 2.52 bits per heavy atom. The van der Waals surface area contributed by atoms with Crippen molar-refractivity contribution < 1.29 is 23.8 Å². The normalized spacial score (nSPS) is 15.1. The second kappa shape index (κ2) is 9.45. The second-order valence-corrected chi connectivity index (χ2v) is 8.23. The average molecular weight is 469 g/mol. The number of carboxylic acids is 1. The fourth-order valence-corrected chi connectivity index (χ4v) is 4.30. The van der Waals surface area contributed by atoms with Gasteiger partial charge in [-0.15, -0.1) is 5.10 Å². The monoisotopic (exact) mass is 468 g/mol. The number of aromatic carboxylic acids is 1. The number of thioether (sulfide) groups is 1. The summed E-state index contributed by atoms with van der Waals surface area (Å²) in [4.78, 5) is 28.3. The minimum Gasteiger partial charge on any atom is -0.478 e. The predicted molar refractivity (Wildman–Crippen MR) is 120 cm³/mol. The van der Waals surface area contributed by atoms with Gasteiger partial charge in [0.25, 0.3) is 0 Å². The molecule has 1 aliphatic heterocycles. The van der Waals surface area contributed by atoms with Gasteiger partial charge in [0, 0.05) is 11.4 Å². The maximum Gasteiger partial charge on any atom is 0.338 e. The molecule has 8 nitrogen and oxygen atoms in total. The van der Waals surface area contributed by atoms with Crippen LogP contribution in [0.3, 0.4) is 0 Å². The summed E-state index contributed by atoms with van der Waals surface area (Å²) >= 11 is 1.38. The SMILES string of the molecule is CCOC(=O)C1=C(C)Nc2nc(SCc3ccc(C(=O)O)cc3)nn2C1c1ccc(F)cc1. The van der Waals surface area contributed by atoms with Crippen LogP contribution in [-0.2, 0) is 15.3 Å². The first-order valence-electron chi connectivity index (χ1n) is 10.2. The topological polar surface area (TPSA) is 106 Å². The van der Waals surface area contributed by atoms with Crippen LogP contribution in [0.1, 0.15) is 41.4 Å². The van der Waals surface area contributed by atoms with Crippen molar-refractivity contribution in [1.29, 1.82) is 0 Å². The number of hydrogen-bond donors (Lipinski definition) is 2. The van der Waals surface area contributed by atoms with Crippen molar-refractivity contribution in [3.05, 3.63) is 82.3 Å². The van der Waals surface area contributed by atoms with Crippen molar-refractivity contribution in [3.8, 4) is 0 Å². The van der Waals surface area contributed by atoms with Gasteiger partial charge in [-0.3, -0.25) is 0 Å². The molecule has 0 amide bonds. The van der Waals surface area contributed by atoms with E-state index in [2.05, 4.69) is 15.4 Å². The lowest BCUT2D eigenvalue weighted by Crippen LogP contribution is -2.29. The van der Waals surface area contributed by atoms with Crippen LogP contribution < -0.4 is 5.32 Å². The first kappa shape index (κ1) is 22.5. The van der Waals surface area contributed by atoms with Crippen molar-refractivity contribution in [1.82, 2.24) is 14.8 Å². The summed E-state index contributed by atoms with van der Waals surface area (Å²) in [5, 5.41) is 17.2. The van der Waals surface area contributed by atoms with E-state index in [9.17, 15) is 14.0 Å². The molecule has 0 fully saturated rings. The zero-order valence-corrected chi connectivity index (χ0v) is 18.7. The number of ether oxygens (including phenoxy) is 1. The largest absolute Gasteiger partial charge is 0.478 e. The van der Waals surface area contributed by atoms with Crippen LogP contribution in [0.15, 0.2) is 65.0 Å². The number of nitrogens with zero attached hydrogens (tertiary/aromatic N) is 3. The lowest BCUT2D eigenvalue weighted by molar-refractivity contribution is -0.139. The number of carbonyl (C=O) groups is 2. The van der Waals surface area contributed by atoms with Crippen LogP contribution in [0.25, 0.3) is 0 Å². The summed E-state index contributed by atoms with van der Waals surface area (Å²) in [6.45, 7) is 3.71. The van der Waals surface area contributed by atoms with E-state index in [4.69, 9.17) is 9.84 Å². The molecule has 2 heterocycles. The Kier molecular flexibility index (Phi) is 6.45. The van der Waals surface area contributed by atoms with Crippen LogP contribution in [-0.4, -0.2) is 38.4 Å². The number of benzene rings is 2. The summed E-state index contributed by atoms with van der Waals surface area (Å²) in [6.07, 6.45) is 0. The molecule has 1 aliphatic rings. The standard InChI is InChI=1S/C23H21FN4O4S/c1-3-32-21(31)18-13(2)25-22-26-23(33-12-14-4-6-16(7-5-14)20(29)30)27-28(22)19(18)15-8-10-17(24)11-9-15/h4-11,19H,3,12H2,1-2H3,(H,29,30)(H,25,26,27). The molecule has 0 radical (unpaired) electrons. The molecule has 2 N–H and O–H groups in total. The molecule has 0 saturated heterocycles. The van der Waals surface area contributed by atoms with Crippen LogP contribution in [0.4, 0.5) is 10.3 Å². The van der Waals surface area contributed by atoms with E-state index in [0.717, 1.165) is 5.56 Å². The van der Waals surface area contributed by atoms with Crippen molar-refractivity contribution in [3.63, 3.8) is 0 Å². The molecule has 33 heavy (non-hydrogen) atoms. The lowest BCUT2D eigenvalue weighted by Gasteiger charge is -2.28. The molecule has 1 atom stereocenters. The predicted octanol–water partition coefficient (Wildman–Crippen LogP) is 4.26. The highest BCUT2D eigenvalue weighted by atomic mass is 32.2. The van der Waals surface area contributed by atoms with E-state index in [-0.39, 0.29) is 18.0 Å². The molecule has 1 aromatic heterocycles. The maximum atomic E-state index is 13.6. The lowest BCUT2D eigenvalue weighted by atomic mass is 9.96. The minimum absolute atomic E-state index is 0.220. The number of allylic oxidation sites excluding steroid dienone is 1. The zero-order chi connectivity index (χ0) is 23.5. The summed E-state index contributed by atoms with van der Waals surface area (Å²) in [7, 11) is 0. The van der Waals surface area contributed by atoms with Crippen molar-refractivity contribution >= 4 is 29.6 Å². The molecule has 170 valence electrons. The molecule has 2 aromatic carbocycles. The van der Waals surface area contributed by atoms with Gasteiger partial charge < -0.3 is 15.2 Å². The van der Waals surface area contributed by atoms with Crippen molar-refractivity contribution in [2.24, 2.45) is 0 Å². The van der Waals surface area contributed by atoms with Gasteiger partial charge in [0.05, 0.1) is 17.7 Å². The third-order valence-electron chi connectivity index (χ3n) is 5.08. The quantitative estimate of drug-likeness (QED) is 0.391. The number of hydrogen-bond acceptors (Lipinski definition) is 7. The smallest absolute Gasteiger partial charge is 0.338 e. The Labute approximate surface area is 193 Å². The van der Waals surface area contributed by atoms with E-state index >= 15 is 0 Å². The molecule has 0 spiro atoms. The van der Waals surface area contributed by atoms with Crippen LogP contribution in [0.5, 0.6) is 0 Å². The maximum absolute atomic E-state index is 13.6. The first-order valence-corrected chi connectivity index (χ1v) is 11.2. The van der Waals surface area contributed by atoms with E-state index in [1.165, 1.54) is 23.9 Å². The third kappa shape index (κ3) is 4.75. The fourth-order valence-electron chi connectivity index (χ4n) is 3.51. The number of anilines is 1. The van der Waals surface area contributed by atoms with Crippen LogP contribution in [0, 0.1) is 5.82 Å². The van der Waals surface area contributed by atoms with E-state index < -0.39 is 18.0 Å². The van der Waals surface area contributed by atoms with Gasteiger partial charge in [0.15, 0.2) is 0 Å². The molecule has 10 heteroatoms. The van der Waals surface area contributed by atoms with Gasteiger partial charge >= 0.3 is 11.9 Å². The summed E-state index contributed by atoms with van der Waals surface area (Å²) in [5.41, 5.74) is 2.78. The Hall–Kier alpha value is -3.66. The number of carboxylic acid groups (broad SMARTS) is 1. The van der Waals surface area contributed by atoms with Gasteiger partial charge in [-0.1, -0.05) is 36.0 Å². The average Bonchev–Trinajstić information content (AvgIpc) is 3.20. The fraction of sp³-hybridized carbons (Fsp3) is 0.217. The number of halogens is 1. The summed E-state index contributed by atoms with van der Waals surface area (Å²) in [5.74, 6) is -0.850. The Morgan fingerprint density at radius 1 is 1.18 bits per heavy atom. The molecular formula is C23H21FN4O4S. The molecule has 4 rings (SSSR count). The number of aromatic nitrogens is 3. The molecule has 1 unspecified atom stereocenters.